The van der Waals surface area contributed by atoms with Crippen LogP contribution in [-0.2, 0) is 14.0 Å². The fourth-order valence-electron chi connectivity index (χ4n) is 2.16. The number of ether oxygens (including phenoxy) is 2. The molecule has 0 radical (unpaired) electrons. The van der Waals surface area contributed by atoms with Gasteiger partial charge in [-0.2, -0.15) is 4.57 Å². The molecule has 10 heteroatoms. The Balaban J connectivity index is 2.13. The number of rotatable bonds is 5. The molecule has 0 spiro atoms. The van der Waals surface area contributed by atoms with Gasteiger partial charge in [-0.1, -0.05) is 0 Å². The van der Waals surface area contributed by atoms with E-state index in [0.29, 0.717) is 5.56 Å². The summed E-state index contributed by atoms with van der Waals surface area (Å²) in [5.41, 5.74) is 0.476. The zero-order valence-electron chi connectivity index (χ0n) is 11.7. The summed E-state index contributed by atoms with van der Waals surface area (Å²) in [6.45, 7) is -0.262. The highest BCUT2D eigenvalue weighted by Gasteiger charge is 2.48. The van der Waals surface area contributed by atoms with Crippen LogP contribution in [-0.4, -0.2) is 57.9 Å². The van der Waals surface area contributed by atoms with Crippen LogP contribution >= 0.6 is 8.60 Å². The molecular weight excluding hydrogens is 315 g/mol. The van der Waals surface area contributed by atoms with E-state index in [9.17, 15) is 10.2 Å². The minimum Gasteiger partial charge on any atom is -0.481 e. The van der Waals surface area contributed by atoms with Gasteiger partial charge in [-0.3, -0.25) is 5.41 Å². The number of nitrogens with zero attached hydrogens (tertiary/aromatic N) is 1. The van der Waals surface area contributed by atoms with Crippen LogP contribution in [0.25, 0.3) is 0 Å². The molecule has 4 unspecified atom stereocenters. The van der Waals surface area contributed by atoms with E-state index < -0.39 is 33.1 Å². The SMILES string of the molecule is COC(=N)c1ccc[n+](C2OC(COP(O)O)C(O)C2O)c1. The first kappa shape index (κ1) is 17.2. The molecule has 2 rings (SSSR count). The molecule has 0 bridgehead atoms. The lowest BCUT2D eigenvalue weighted by Gasteiger charge is -2.13. The largest absolute Gasteiger partial charge is 0.481 e. The van der Waals surface area contributed by atoms with Crippen molar-refractivity contribution in [3.8, 4) is 0 Å². The Bertz CT molecular complexity index is 530. The van der Waals surface area contributed by atoms with Gasteiger partial charge in [-0.05, 0) is 6.07 Å². The van der Waals surface area contributed by atoms with Gasteiger partial charge in [0.1, 0.15) is 12.2 Å². The third-order valence-corrected chi connectivity index (χ3v) is 3.65. The van der Waals surface area contributed by atoms with E-state index >= 15 is 0 Å². The summed E-state index contributed by atoms with van der Waals surface area (Å²) < 4.78 is 16.5. The molecular formula is C12H18N2O7P+. The zero-order chi connectivity index (χ0) is 16.3. The number of aliphatic hydroxyl groups excluding tert-OH is 2. The van der Waals surface area contributed by atoms with Gasteiger partial charge in [-0.25, -0.2) is 0 Å². The van der Waals surface area contributed by atoms with Crippen LogP contribution in [0.2, 0.25) is 0 Å². The van der Waals surface area contributed by atoms with Gasteiger partial charge in [0.15, 0.2) is 18.5 Å². The van der Waals surface area contributed by atoms with Crippen LogP contribution in [0.4, 0.5) is 0 Å². The van der Waals surface area contributed by atoms with Crippen molar-refractivity contribution in [1.29, 1.82) is 5.41 Å². The first-order valence-electron chi connectivity index (χ1n) is 6.40. The first-order valence-corrected chi connectivity index (χ1v) is 7.56. The Morgan fingerprint density at radius 1 is 1.41 bits per heavy atom. The molecule has 0 amide bonds. The Morgan fingerprint density at radius 3 is 2.77 bits per heavy atom. The first-order chi connectivity index (χ1) is 10.4. The summed E-state index contributed by atoms with van der Waals surface area (Å²) in [6, 6.07) is 3.31. The van der Waals surface area contributed by atoms with Gasteiger partial charge in [0.2, 0.25) is 5.90 Å². The Morgan fingerprint density at radius 2 is 2.14 bits per heavy atom. The molecule has 9 nitrogen and oxygen atoms in total. The maximum atomic E-state index is 10.1. The van der Waals surface area contributed by atoms with E-state index in [2.05, 4.69) is 4.52 Å². The van der Waals surface area contributed by atoms with Crippen LogP contribution in [0, 0.1) is 5.41 Å². The molecule has 5 N–H and O–H groups in total. The van der Waals surface area contributed by atoms with E-state index in [1.54, 1.807) is 24.5 Å². The highest BCUT2D eigenvalue weighted by Crippen LogP contribution is 2.30. The van der Waals surface area contributed by atoms with Gasteiger partial charge in [0, 0.05) is 6.07 Å². The summed E-state index contributed by atoms with van der Waals surface area (Å²) in [4.78, 5) is 17.5. The van der Waals surface area contributed by atoms with Gasteiger partial charge >= 0.3 is 8.60 Å². The fraction of sp³-hybridized carbons (Fsp3) is 0.500. The van der Waals surface area contributed by atoms with Crippen molar-refractivity contribution in [3.05, 3.63) is 30.1 Å². The van der Waals surface area contributed by atoms with Crippen molar-refractivity contribution in [1.82, 2.24) is 0 Å². The third kappa shape index (κ3) is 3.76. The number of methoxy groups -OCH3 is 1. The van der Waals surface area contributed by atoms with Crippen molar-refractivity contribution in [2.24, 2.45) is 0 Å². The van der Waals surface area contributed by atoms with Crippen LogP contribution in [0.5, 0.6) is 0 Å². The summed E-state index contributed by atoms with van der Waals surface area (Å²) in [5.74, 6) is -0.0477. The van der Waals surface area contributed by atoms with Crippen LogP contribution in [0.3, 0.4) is 0 Å². The average Bonchev–Trinajstić information content (AvgIpc) is 2.80. The average molecular weight is 333 g/mol. The van der Waals surface area contributed by atoms with Crippen molar-refractivity contribution in [3.63, 3.8) is 0 Å². The second-order valence-corrected chi connectivity index (χ2v) is 5.43. The summed E-state index contributed by atoms with van der Waals surface area (Å²) in [6.07, 6.45) is -1.10. The smallest absolute Gasteiger partial charge is 0.327 e. The zero-order valence-corrected chi connectivity index (χ0v) is 12.6. The summed E-state index contributed by atoms with van der Waals surface area (Å²) in [7, 11) is -1.18. The molecule has 1 fully saturated rings. The summed E-state index contributed by atoms with van der Waals surface area (Å²) in [5, 5.41) is 27.6. The second kappa shape index (κ2) is 7.38. The van der Waals surface area contributed by atoms with E-state index in [4.69, 9.17) is 24.7 Å². The number of pyridine rings is 1. The van der Waals surface area contributed by atoms with E-state index in [1.807, 2.05) is 0 Å². The second-order valence-electron chi connectivity index (χ2n) is 4.67. The monoisotopic (exact) mass is 333 g/mol. The number of hydrogen-bond acceptors (Lipinski definition) is 8. The maximum absolute atomic E-state index is 10.1. The predicted molar refractivity (Wildman–Crippen MR) is 73.7 cm³/mol. The molecule has 1 saturated heterocycles. The standard InChI is InChI=1S/C12H18N2O7P/c1-19-11(13)7-3-2-4-14(5-7)12-10(16)9(15)8(21-12)6-20-22(17)18/h2-5,8-10,12-13,15-18H,6H2,1H3/q+1. The van der Waals surface area contributed by atoms with E-state index in [1.165, 1.54) is 11.7 Å². The van der Waals surface area contributed by atoms with Crippen LogP contribution < -0.4 is 4.57 Å². The van der Waals surface area contributed by atoms with Gasteiger partial charge in [0.05, 0.1) is 19.3 Å². The molecule has 1 aromatic rings. The van der Waals surface area contributed by atoms with Gasteiger partial charge < -0.3 is 34.0 Å². The molecule has 1 aromatic heterocycles. The minimum atomic E-state index is -2.56. The van der Waals surface area contributed by atoms with Crippen molar-refractivity contribution in [2.45, 2.75) is 24.5 Å². The third-order valence-electron chi connectivity index (χ3n) is 3.27. The predicted octanol–water partition coefficient (Wildman–Crippen LogP) is -1.21. The molecule has 22 heavy (non-hydrogen) atoms. The lowest BCUT2D eigenvalue weighted by molar-refractivity contribution is -0.765. The number of aromatic nitrogens is 1. The van der Waals surface area contributed by atoms with Crippen molar-refractivity contribution < 1.29 is 38.6 Å². The van der Waals surface area contributed by atoms with Crippen molar-refractivity contribution >= 4 is 14.5 Å². The number of nitrogens with one attached hydrogen (secondary N) is 1. The highest BCUT2D eigenvalue weighted by molar-refractivity contribution is 7.39. The number of aliphatic hydroxyl groups is 2. The topological polar surface area (TPSA) is 136 Å². The molecule has 0 aliphatic carbocycles. The fourth-order valence-corrected chi connectivity index (χ4v) is 2.44. The number of hydrogen-bond donors (Lipinski definition) is 5. The Kier molecular flexibility index (Phi) is 5.76. The quantitative estimate of drug-likeness (QED) is 0.197. The molecule has 0 saturated carbocycles. The Labute approximate surface area is 127 Å². The van der Waals surface area contributed by atoms with Gasteiger partial charge in [-0.15, -0.1) is 0 Å². The normalized spacial score (nSPS) is 28.1. The van der Waals surface area contributed by atoms with Gasteiger partial charge in [0.25, 0.3) is 6.23 Å². The molecule has 0 aromatic carbocycles. The molecule has 1 aliphatic rings. The van der Waals surface area contributed by atoms with E-state index in [-0.39, 0.29) is 12.5 Å². The Hall–Kier alpha value is -1.19. The lowest BCUT2D eigenvalue weighted by Crippen LogP contribution is -2.46. The van der Waals surface area contributed by atoms with Crippen molar-refractivity contribution in [2.75, 3.05) is 13.7 Å². The minimum absolute atomic E-state index is 0.0477. The maximum Gasteiger partial charge on any atom is 0.327 e. The molecule has 4 atom stereocenters. The molecule has 1 aliphatic heterocycles. The van der Waals surface area contributed by atoms with E-state index in [0.717, 1.165) is 0 Å². The molecule has 2 heterocycles. The van der Waals surface area contributed by atoms with Crippen LogP contribution in [0.1, 0.15) is 11.8 Å². The van der Waals surface area contributed by atoms with Crippen LogP contribution in [0.15, 0.2) is 24.5 Å². The molecule has 122 valence electrons. The lowest BCUT2D eigenvalue weighted by atomic mass is 10.1. The highest BCUT2D eigenvalue weighted by atomic mass is 31.2. The summed E-state index contributed by atoms with van der Waals surface area (Å²) >= 11 is 0.